The fraction of sp³-hybridized carbons (Fsp3) is 0.455. The van der Waals surface area contributed by atoms with Gasteiger partial charge in [0, 0.05) is 6.54 Å². The highest BCUT2D eigenvalue weighted by Crippen LogP contribution is 2.32. The summed E-state index contributed by atoms with van der Waals surface area (Å²) in [5, 5.41) is 1.85. The van der Waals surface area contributed by atoms with Crippen LogP contribution in [0.5, 0.6) is 0 Å². The van der Waals surface area contributed by atoms with Crippen LogP contribution in [-0.4, -0.2) is 41.9 Å². The molecule has 0 radical (unpaired) electrons. The first kappa shape index (κ1) is 12.6. The molecule has 1 aliphatic rings. The summed E-state index contributed by atoms with van der Waals surface area (Å²) < 4.78 is 43.7. The number of rotatable bonds is 1. The summed E-state index contributed by atoms with van der Waals surface area (Å²) in [4.78, 5) is 9.82. The Balaban J connectivity index is 1.91. The van der Waals surface area contributed by atoms with Crippen molar-refractivity contribution in [1.82, 2.24) is 9.97 Å². The molecule has 2 aromatic rings. The van der Waals surface area contributed by atoms with Gasteiger partial charge >= 0.3 is 6.18 Å². The largest absolute Gasteiger partial charge is 0.416 e. The van der Waals surface area contributed by atoms with Gasteiger partial charge in [0.2, 0.25) is 0 Å². The second-order valence-corrected chi connectivity index (χ2v) is 5.10. The molecule has 8 heteroatoms. The summed E-state index contributed by atoms with van der Waals surface area (Å²) in [7, 11) is 0. The van der Waals surface area contributed by atoms with E-state index in [4.69, 9.17) is 4.74 Å². The molecule has 1 fully saturated rings. The van der Waals surface area contributed by atoms with Crippen molar-refractivity contribution in [3.63, 3.8) is 0 Å². The van der Waals surface area contributed by atoms with E-state index in [2.05, 4.69) is 9.97 Å². The Morgan fingerprint density at radius 2 is 2.21 bits per heavy atom. The monoisotopic (exact) mass is 289 g/mol. The van der Waals surface area contributed by atoms with Crippen molar-refractivity contribution < 1.29 is 17.9 Å². The SMILES string of the molecule is FC(F)(F)[C@H]1CN(c2ncnc3ccsc23)CCO1. The normalized spacial score (nSPS) is 21.0. The first-order chi connectivity index (χ1) is 9.05. The van der Waals surface area contributed by atoms with E-state index in [0.717, 1.165) is 10.2 Å². The maximum absolute atomic E-state index is 12.7. The van der Waals surface area contributed by atoms with Gasteiger partial charge in [-0.3, -0.25) is 0 Å². The molecule has 0 aliphatic carbocycles. The van der Waals surface area contributed by atoms with Crippen molar-refractivity contribution in [2.45, 2.75) is 12.3 Å². The van der Waals surface area contributed by atoms with E-state index in [1.165, 1.54) is 17.7 Å². The van der Waals surface area contributed by atoms with Gasteiger partial charge in [-0.1, -0.05) is 0 Å². The van der Waals surface area contributed by atoms with Gasteiger partial charge in [0.1, 0.15) is 12.1 Å². The molecule has 4 nitrogen and oxygen atoms in total. The van der Waals surface area contributed by atoms with Crippen molar-refractivity contribution >= 4 is 27.4 Å². The van der Waals surface area contributed by atoms with Crippen LogP contribution in [0.4, 0.5) is 19.0 Å². The highest BCUT2D eigenvalue weighted by molar-refractivity contribution is 7.17. The van der Waals surface area contributed by atoms with Gasteiger partial charge in [0.15, 0.2) is 6.10 Å². The van der Waals surface area contributed by atoms with Crippen LogP contribution in [0.15, 0.2) is 17.8 Å². The standard InChI is InChI=1S/C11H10F3N3OS/c12-11(13,14)8-5-17(2-3-18-8)10-9-7(1-4-19-9)15-6-16-10/h1,4,6,8H,2-3,5H2/t8-/m1/s1. The van der Waals surface area contributed by atoms with Gasteiger partial charge in [-0.2, -0.15) is 13.2 Å². The summed E-state index contributed by atoms with van der Waals surface area (Å²) in [5.41, 5.74) is 0.755. The van der Waals surface area contributed by atoms with E-state index in [0.29, 0.717) is 12.4 Å². The lowest BCUT2D eigenvalue weighted by atomic mass is 10.2. The number of fused-ring (bicyclic) bond motifs is 1. The lowest BCUT2D eigenvalue weighted by molar-refractivity contribution is -0.221. The van der Waals surface area contributed by atoms with Gasteiger partial charge in [-0.15, -0.1) is 11.3 Å². The highest BCUT2D eigenvalue weighted by atomic mass is 32.1. The minimum atomic E-state index is -4.35. The molecular weight excluding hydrogens is 279 g/mol. The minimum absolute atomic E-state index is 0.0427. The number of halogens is 3. The van der Waals surface area contributed by atoms with Crippen molar-refractivity contribution in [3.8, 4) is 0 Å². The maximum Gasteiger partial charge on any atom is 0.416 e. The van der Waals surface area contributed by atoms with E-state index in [1.807, 2.05) is 11.4 Å². The average molecular weight is 289 g/mol. The van der Waals surface area contributed by atoms with Crippen LogP contribution in [0.1, 0.15) is 0 Å². The molecule has 19 heavy (non-hydrogen) atoms. The molecule has 1 atom stereocenters. The second kappa shape index (κ2) is 4.61. The van der Waals surface area contributed by atoms with Crippen LogP contribution >= 0.6 is 11.3 Å². The number of thiophene rings is 1. The van der Waals surface area contributed by atoms with Gasteiger partial charge in [-0.25, -0.2) is 9.97 Å². The molecule has 0 bridgehead atoms. The van der Waals surface area contributed by atoms with Gasteiger partial charge in [-0.05, 0) is 11.4 Å². The van der Waals surface area contributed by atoms with Crippen LogP contribution < -0.4 is 4.90 Å². The van der Waals surface area contributed by atoms with Crippen LogP contribution in [0.3, 0.4) is 0 Å². The van der Waals surface area contributed by atoms with E-state index < -0.39 is 12.3 Å². The Kier molecular flexibility index (Phi) is 3.06. The summed E-state index contributed by atoms with van der Waals surface area (Å²) >= 11 is 1.43. The fourth-order valence-corrected chi connectivity index (χ4v) is 2.90. The molecule has 0 amide bonds. The highest BCUT2D eigenvalue weighted by Gasteiger charge is 2.43. The summed E-state index contributed by atoms with van der Waals surface area (Å²) in [5.74, 6) is 0.553. The van der Waals surface area contributed by atoms with Crippen LogP contribution in [-0.2, 0) is 4.74 Å². The van der Waals surface area contributed by atoms with Gasteiger partial charge in [0.05, 0.1) is 23.4 Å². The quantitative estimate of drug-likeness (QED) is 0.808. The number of nitrogens with zero attached hydrogens (tertiary/aromatic N) is 3. The van der Waals surface area contributed by atoms with Crippen LogP contribution in [0.2, 0.25) is 0 Å². The van der Waals surface area contributed by atoms with E-state index >= 15 is 0 Å². The number of anilines is 1. The average Bonchev–Trinajstić information content (AvgIpc) is 2.86. The third kappa shape index (κ3) is 2.37. The van der Waals surface area contributed by atoms with Crippen LogP contribution in [0, 0.1) is 0 Å². The molecule has 0 N–H and O–H groups in total. The molecule has 0 saturated carbocycles. The lowest BCUT2D eigenvalue weighted by Gasteiger charge is -2.34. The number of hydrogen-bond donors (Lipinski definition) is 0. The Morgan fingerprint density at radius 3 is 3.00 bits per heavy atom. The molecule has 0 spiro atoms. The molecular formula is C11H10F3N3OS. The number of aromatic nitrogens is 2. The number of hydrogen-bond acceptors (Lipinski definition) is 5. The number of morpholine rings is 1. The smallest absolute Gasteiger partial charge is 0.365 e. The van der Waals surface area contributed by atoms with Gasteiger partial charge < -0.3 is 9.64 Å². The van der Waals surface area contributed by atoms with Crippen molar-refractivity contribution in [1.29, 1.82) is 0 Å². The lowest BCUT2D eigenvalue weighted by Crippen LogP contribution is -2.49. The zero-order valence-electron chi connectivity index (χ0n) is 9.72. The summed E-state index contributed by atoms with van der Waals surface area (Å²) in [6.45, 7) is 0.213. The van der Waals surface area contributed by atoms with Crippen molar-refractivity contribution in [3.05, 3.63) is 17.8 Å². The first-order valence-corrected chi connectivity index (χ1v) is 6.55. The van der Waals surface area contributed by atoms with Crippen molar-refractivity contribution in [2.24, 2.45) is 0 Å². The molecule has 0 aromatic carbocycles. The third-order valence-corrected chi connectivity index (χ3v) is 3.86. The first-order valence-electron chi connectivity index (χ1n) is 5.67. The predicted molar refractivity (Wildman–Crippen MR) is 65.4 cm³/mol. The second-order valence-electron chi connectivity index (χ2n) is 4.18. The Labute approximate surface area is 110 Å². The molecule has 1 saturated heterocycles. The topological polar surface area (TPSA) is 38.2 Å². The molecule has 3 rings (SSSR count). The van der Waals surface area contributed by atoms with Crippen molar-refractivity contribution in [2.75, 3.05) is 24.6 Å². The molecule has 0 unspecified atom stereocenters. The van der Waals surface area contributed by atoms with E-state index in [1.54, 1.807) is 4.90 Å². The number of alkyl halides is 3. The zero-order valence-corrected chi connectivity index (χ0v) is 10.5. The third-order valence-electron chi connectivity index (χ3n) is 2.96. The minimum Gasteiger partial charge on any atom is -0.365 e. The summed E-state index contributed by atoms with van der Waals surface area (Å²) in [6, 6.07) is 1.83. The molecule has 2 aromatic heterocycles. The Morgan fingerprint density at radius 1 is 1.37 bits per heavy atom. The zero-order chi connectivity index (χ0) is 13.5. The van der Waals surface area contributed by atoms with E-state index in [9.17, 15) is 13.2 Å². The Bertz CT molecular complexity index is 586. The number of ether oxygens (including phenoxy) is 1. The molecule has 3 heterocycles. The molecule has 1 aliphatic heterocycles. The summed E-state index contributed by atoms with van der Waals surface area (Å²) in [6.07, 6.45) is -4.73. The molecule has 102 valence electrons. The fourth-order valence-electron chi connectivity index (χ4n) is 2.04. The predicted octanol–water partition coefficient (Wildman–Crippen LogP) is 2.46. The maximum atomic E-state index is 12.7. The Hall–Kier alpha value is -1.41. The van der Waals surface area contributed by atoms with E-state index in [-0.39, 0.29) is 13.2 Å². The van der Waals surface area contributed by atoms with Crippen LogP contribution in [0.25, 0.3) is 10.2 Å². The van der Waals surface area contributed by atoms with Gasteiger partial charge in [0.25, 0.3) is 0 Å².